The molecule has 0 aromatic heterocycles. The molecule has 1 fully saturated rings. The lowest BCUT2D eigenvalue weighted by Gasteiger charge is -2.32. The van der Waals surface area contributed by atoms with Crippen LogP contribution in [0.3, 0.4) is 0 Å². The molecule has 1 aliphatic heterocycles. The number of carbonyl (C=O) groups is 1. The van der Waals surface area contributed by atoms with Gasteiger partial charge in [0.25, 0.3) is 0 Å². The molecule has 0 aliphatic carbocycles. The Labute approximate surface area is 132 Å². The van der Waals surface area contributed by atoms with Gasteiger partial charge in [0.1, 0.15) is 6.29 Å². The number of ether oxygens (including phenoxy) is 2. The minimum Gasteiger partial charge on any atom is -0.493 e. The second-order valence-electron chi connectivity index (χ2n) is 6.24. The summed E-state index contributed by atoms with van der Waals surface area (Å²) in [6, 6.07) is 3.40. The number of hydrogen-bond acceptors (Lipinski definition) is 5. The molecule has 22 heavy (non-hydrogen) atoms. The summed E-state index contributed by atoms with van der Waals surface area (Å²) in [5, 5.41) is 0. The molecule has 0 atom stereocenters. The van der Waals surface area contributed by atoms with E-state index in [1.165, 1.54) is 0 Å². The lowest BCUT2D eigenvalue weighted by Crippen LogP contribution is -2.41. The van der Waals surface area contributed by atoms with Crippen LogP contribution in [0.25, 0.3) is 0 Å². The molecular weight excluding hydrogens is 283 g/mol. The molecule has 0 radical (unpaired) electrons. The van der Waals surface area contributed by atoms with E-state index >= 15 is 0 Å². The van der Waals surface area contributed by atoms with Crippen molar-refractivity contribution in [3.63, 3.8) is 0 Å². The van der Waals surface area contributed by atoms with Crippen molar-refractivity contribution >= 4 is 18.9 Å². The zero-order valence-electron chi connectivity index (χ0n) is 14.1. The Morgan fingerprint density at radius 2 is 1.77 bits per heavy atom. The molecule has 120 valence electrons. The van der Waals surface area contributed by atoms with Crippen LogP contribution in [-0.4, -0.2) is 38.3 Å². The van der Waals surface area contributed by atoms with E-state index < -0.39 is 18.3 Å². The van der Waals surface area contributed by atoms with Gasteiger partial charge in [-0.05, 0) is 46.8 Å². The Morgan fingerprint density at radius 3 is 2.23 bits per heavy atom. The van der Waals surface area contributed by atoms with Crippen molar-refractivity contribution in [1.82, 2.24) is 0 Å². The minimum absolute atomic E-state index is 0.450. The Morgan fingerprint density at radius 1 is 1.18 bits per heavy atom. The Balaban J connectivity index is 2.56. The second kappa shape index (κ2) is 5.93. The van der Waals surface area contributed by atoms with E-state index in [1.807, 2.05) is 34.6 Å². The fourth-order valence-corrected chi connectivity index (χ4v) is 2.36. The number of hydrogen-bond donors (Lipinski definition) is 0. The van der Waals surface area contributed by atoms with Gasteiger partial charge in [-0.1, -0.05) is 0 Å². The van der Waals surface area contributed by atoms with Gasteiger partial charge in [0.05, 0.1) is 24.9 Å². The lowest BCUT2D eigenvalue weighted by molar-refractivity contribution is 0.00578. The highest BCUT2D eigenvalue weighted by molar-refractivity contribution is 6.64. The molecule has 0 amide bonds. The Bertz CT molecular complexity index is 552. The highest BCUT2D eigenvalue weighted by Crippen LogP contribution is 2.38. The zero-order valence-corrected chi connectivity index (χ0v) is 14.1. The fourth-order valence-electron chi connectivity index (χ4n) is 2.36. The third-order valence-electron chi connectivity index (χ3n) is 4.32. The number of rotatable bonds is 5. The largest absolute Gasteiger partial charge is 0.499 e. The average molecular weight is 306 g/mol. The van der Waals surface area contributed by atoms with E-state index in [1.54, 1.807) is 19.2 Å². The summed E-state index contributed by atoms with van der Waals surface area (Å²) in [6.45, 7) is 10.2. The predicted molar refractivity (Wildman–Crippen MR) is 85.3 cm³/mol. The van der Waals surface area contributed by atoms with E-state index in [0.717, 1.165) is 6.29 Å². The molecule has 0 unspecified atom stereocenters. The molecule has 0 spiro atoms. The van der Waals surface area contributed by atoms with Gasteiger partial charge in [-0.15, -0.1) is 0 Å². The lowest BCUT2D eigenvalue weighted by atomic mass is 9.75. The number of benzene rings is 1. The van der Waals surface area contributed by atoms with E-state index in [0.29, 0.717) is 29.1 Å². The highest BCUT2D eigenvalue weighted by Gasteiger charge is 2.53. The van der Waals surface area contributed by atoms with Gasteiger partial charge in [-0.2, -0.15) is 0 Å². The van der Waals surface area contributed by atoms with Crippen molar-refractivity contribution in [2.24, 2.45) is 0 Å². The first-order valence-corrected chi connectivity index (χ1v) is 7.42. The van der Waals surface area contributed by atoms with E-state index in [4.69, 9.17) is 18.8 Å². The third-order valence-corrected chi connectivity index (χ3v) is 4.32. The van der Waals surface area contributed by atoms with Crippen molar-refractivity contribution in [2.45, 2.75) is 45.8 Å². The molecule has 0 bridgehead atoms. The normalized spacial score (nSPS) is 19.1. The molecule has 1 aromatic rings. The van der Waals surface area contributed by atoms with Crippen LogP contribution in [0.2, 0.25) is 0 Å². The summed E-state index contributed by atoms with van der Waals surface area (Å²) in [5.41, 5.74) is 0.0620. The molecule has 0 saturated carbocycles. The standard InChI is InChI=1S/C16H23BO5/c1-7-20-14-12(19-6)9-8-11(10-18)13(14)17-21-15(2,3)16(4,5)22-17/h8-10H,7H2,1-6H3. The summed E-state index contributed by atoms with van der Waals surface area (Å²) in [4.78, 5) is 11.5. The Kier molecular flexibility index (Phi) is 4.54. The van der Waals surface area contributed by atoms with Crippen molar-refractivity contribution in [2.75, 3.05) is 13.7 Å². The first-order chi connectivity index (χ1) is 10.3. The third kappa shape index (κ3) is 2.73. The van der Waals surface area contributed by atoms with Crippen LogP contribution in [-0.2, 0) is 9.31 Å². The fraction of sp³-hybridized carbons (Fsp3) is 0.562. The van der Waals surface area contributed by atoms with Crippen LogP contribution >= 0.6 is 0 Å². The van der Waals surface area contributed by atoms with Crippen LogP contribution in [0, 0.1) is 0 Å². The number of carbonyl (C=O) groups excluding carboxylic acids is 1. The predicted octanol–water partition coefficient (Wildman–Crippen LogP) is 2.21. The van der Waals surface area contributed by atoms with Gasteiger partial charge in [0, 0.05) is 11.0 Å². The molecular formula is C16H23BO5. The first kappa shape index (κ1) is 16.8. The highest BCUT2D eigenvalue weighted by atomic mass is 16.7. The maximum Gasteiger partial charge on any atom is 0.499 e. The number of methoxy groups -OCH3 is 1. The van der Waals surface area contributed by atoms with Gasteiger partial charge in [0.15, 0.2) is 11.5 Å². The summed E-state index contributed by atoms with van der Waals surface area (Å²) in [6.07, 6.45) is 0.780. The van der Waals surface area contributed by atoms with Gasteiger partial charge < -0.3 is 18.8 Å². The van der Waals surface area contributed by atoms with E-state index in [-0.39, 0.29) is 0 Å². The summed E-state index contributed by atoms with van der Waals surface area (Å²) in [5.74, 6) is 1.05. The van der Waals surface area contributed by atoms with Crippen molar-refractivity contribution < 1.29 is 23.6 Å². The molecule has 5 nitrogen and oxygen atoms in total. The summed E-state index contributed by atoms with van der Waals surface area (Å²) < 4.78 is 23.2. The summed E-state index contributed by atoms with van der Waals surface area (Å²) >= 11 is 0. The average Bonchev–Trinajstić information content (AvgIpc) is 2.66. The first-order valence-electron chi connectivity index (χ1n) is 7.42. The molecule has 0 N–H and O–H groups in total. The quantitative estimate of drug-likeness (QED) is 0.616. The Hall–Kier alpha value is -1.53. The van der Waals surface area contributed by atoms with Crippen LogP contribution < -0.4 is 14.9 Å². The van der Waals surface area contributed by atoms with Crippen molar-refractivity contribution in [3.8, 4) is 11.5 Å². The molecule has 1 heterocycles. The van der Waals surface area contributed by atoms with Gasteiger partial charge in [-0.25, -0.2) is 0 Å². The maximum absolute atomic E-state index is 11.5. The summed E-state index contributed by atoms with van der Waals surface area (Å²) in [7, 11) is 0.883. The van der Waals surface area contributed by atoms with Crippen molar-refractivity contribution in [1.29, 1.82) is 0 Å². The molecule has 6 heteroatoms. The van der Waals surface area contributed by atoms with Gasteiger partial charge in [0.2, 0.25) is 0 Å². The maximum atomic E-state index is 11.5. The van der Waals surface area contributed by atoms with Gasteiger partial charge in [-0.3, -0.25) is 4.79 Å². The monoisotopic (exact) mass is 306 g/mol. The van der Waals surface area contributed by atoms with Crippen LogP contribution in [0.5, 0.6) is 11.5 Å². The van der Waals surface area contributed by atoms with Crippen LogP contribution in [0.4, 0.5) is 0 Å². The van der Waals surface area contributed by atoms with Crippen LogP contribution in [0.1, 0.15) is 45.0 Å². The topological polar surface area (TPSA) is 54.0 Å². The smallest absolute Gasteiger partial charge is 0.493 e. The molecule has 1 aromatic carbocycles. The zero-order chi connectivity index (χ0) is 16.5. The molecule has 1 aliphatic rings. The van der Waals surface area contributed by atoms with E-state index in [2.05, 4.69) is 0 Å². The second-order valence-corrected chi connectivity index (χ2v) is 6.24. The van der Waals surface area contributed by atoms with Crippen molar-refractivity contribution in [3.05, 3.63) is 17.7 Å². The van der Waals surface area contributed by atoms with Crippen LogP contribution in [0.15, 0.2) is 12.1 Å². The van der Waals surface area contributed by atoms with Gasteiger partial charge >= 0.3 is 7.12 Å². The minimum atomic E-state index is -0.679. The molecule has 1 saturated heterocycles. The number of aldehydes is 1. The SMILES string of the molecule is CCOc1c(OC)ccc(C=O)c1B1OC(C)(C)C(C)(C)O1. The molecule has 2 rings (SSSR count). The van der Waals surface area contributed by atoms with E-state index in [9.17, 15) is 4.79 Å².